The first-order valence-corrected chi connectivity index (χ1v) is 6.73. The third-order valence-electron chi connectivity index (χ3n) is 3.64. The summed E-state index contributed by atoms with van der Waals surface area (Å²) >= 11 is 0. The largest absolute Gasteiger partial charge is 0.497 e. The number of carbonyl (C=O) groups is 2. The zero-order valence-electron chi connectivity index (χ0n) is 11.5. The molecule has 1 heterocycles. The Morgan fingerprint density at radius 3 is 2.65 bits per heavy atom. The van der Waals surface area contributed by atoms with Gasteiger partial charge in [-0.1, -0.05) is 12.1 Å². The van der Waals surface area contributed by atoms with Gasteiger partial charge in [-0.05, 0) is 30.5 Å². The zero-order chi connectivity index (χ0) is 14.5. The van der Waals surface area contributed by atoms with Crippen molar-refractivity contribution in [1.82, 2.24) is 4.90 Å². The van der Waals surface area contributed by atoms with Gasteiger partial charge in [-0.2, -0.15) is 0 Å². The second-order valence-electron chi connectivity index (χ2n) is 5.04. The van der Waals surface area contributed by atoms with E-state index in [9.17, 15) is 9.59 Å². The van der Waals surface area contributed by atoms with Crippen LogP contribution in [0.2, 0.25) is 0 Å². The van der Waals surface area contributed by atoms with E-state index in [0.29, 0.717) is 25.9 Å². The maximum Gasteiger partial charge on any atom is 0.308 e. The quantitative estimate of drug-likeness (QED) is 0.907. The monoisotopic (exact) mass is 277 g/mol. The van der Waals surface area contributed by atoms with Gasteiger partial charge in [-0.15, -0.1) is 0 Å². The molecule has 1 amide bonds. The molecule has 1 aliphatic rings. The Kier molecular flexibility index (Phi) is 4.61. The van der Waals surface area contributed by atoms with E-state index < -0.39 is 11.9 Å². The second-order valence-corrected chi connectivity index (χ2v) is 5.04. The highest BCUT2D eigenvalue weighted by molar-refractivity contribution is 5.80. The Labute approximate surface area is 118 Å². The molecular weight excluding hydrogens is 258 g/mol. The minimum atomic E-state index is -0.813. The molecule has 2 rings (SSSR count). The van der Waals surface area contributed by atoms with Gasteiger partial charge in [0, 0.05) is 13.1 Å². The van der Waals surface area contributed by atoms with E-state index >= 15 is 0 Å². The molecule has 1 fully saturated rings. The molecule has 1 saturated heterocycles. The van der Waals surface area contributed by atoms with Gasteiger partial charge >= 0.3 is 5.97 Å². The van der Waals surface area contributed by atoms with Gasteiger partial charge < -0.3 is 14.7 Å². The first-order valence-electron chi connectivity index (χ1n) is 6.73. The Bertz CT molecular complexity index is 483. The van der Waals surface area contributed by atoms with Crippen LogP contribution in [0.5, 0.6) is 5.75 Å². The molecule has 0 saturated carbocycles. The lowest BCUT2D eigenvalue weighted by Crippen LogP contribution is -2.42. The van der Waals surface area contributed by atoms with Crippen LogP contribution in [0.1, 0.15) is 18.4 Å². The van der Waals surface area contributed by atoms with Gasteiger partial charge in [0.25, 0.3) is 0 Å². The van der Waals surface area contributed by atoms with Crippen molar-refractivity contribution in [2.45, 2.75) is 19.3 Å². The van der Waals surface area contributed by atoms with Crippen molar-refractivity contribution < 1.29 is 19.4 Å². The van der Waals surface area contributed by atoms with Crippen molar-refractivity contribution in [2.75, 3.05) is 20.2 Å². The van der Waals surface area contributed by atoms with Crippen LogP contribution in [0.15, 0.2) is 24.3 Å². The summed E-state index contributed by atoms with van der Waals surface area (Å²) in [7, 11) is 1.60. The van der Waals surface area contributed by atoms with Gasteiger partial charge in [0.1, 0.15) is 5.75 Å². The van der Waals surface area contributed by atoms with Crippen molar-refractivity contribution in [3.05, 3.63) is 29.8 Å². The number of rotatable bonds is 4. The average molecular weight is 277 g/mol. The van der Waals surface area contributed by atoms with Crippen molar-refractivity contribution >= 4 is 11.9 Å². The maximum absolute atomic E-state index is 12.2. The molecule has 1 aromatic rings. The lowest BCUT2D eigenvalue weighted by atomic mass is 9.97. The van der Waals surface area contributed by atoms with E-state index in [2.05, 4.69) is 0 Å². The summed E-state index contributed by atoms with van der Waals surface area (Å²) in [6.45, 7) is 0.975. The summed E-state index contributed by atoms with van der Waals surface area (Å²) < 4.78 is 5.07. The first kappa shape index (κ1) is 14.4. The molecule has 20 heavy (non-hydrogen) atoms. The van der Waals surface area contributed by atoms with Crippen molar-refractivity contribution in [2.24, 2.45) is 5.92 Å². The average Bonchev–Trinajstić information content (AvgIpc) is 2.48. The summed E-state index contributed by atoms with van der Waals surface area (Å²) in [6.07, 6.45) is 1.71. The lowest BCUT2D eigenvalue weighted by Gasteiger charge is -2.30. The Balaban J connectivity index is 1.95. The normalized spacial score (nSPS) is 18.6. The number of methoxy groups -OCH3 is 1. The molecule has 1 unspecified atom stereocenters. The van der Waals surface area contributed by atoms with Gasteiger partial charge in [-0.25, -0.2) is 0 Å². The highest BCUT2D eigenvalue weighted by Crippen LogP contribution is 2.18. The third kappa shape index (κ3) is 3.50. The predicted octanol–water partition coefficient (Wildman–Crippen LogP) is 1.56. The Morgan fingerprint density at radius 1 is 1.35 bits per heavy atom. The smallest absolute Gasteiger partial charge is 0.308 e. The van der Waals surface area contributed by atoms with Gasteiger partial charge in [-0.3, -0.25) is 9.59 Å². The van der Waals surface area contributed by atoms with E-state index in [4.69, 9.17) is 9.84 Å². The van der Waals surface area contributed by atoms with Crippen LogP contribution in [0.25, 0.3) is 0 Å². The summed E-state index contributed by atoms with van der Waals surface area (Å²) in [5.74, 6) is -0.498. The number of hydrogen-bond donors (Lipinski definition) is 1. The van der Waals surface area contributed by atoms with E-state index in [0.717, 1.165) is 17.7 Å². The number of likely N-dealkylation sites (tertiary alicyclic amines) is 1. The number of carbonyl (C=O) groups excluding carboxylic acids is 1. The Morgan fingerprint density at radius 2 is 2.05 bits per heavy atom. The number of piperidine rings is 1. The topological polar surface area (TPSA) is 66.8 Å². The molecule has 0 aromatic heterocycles. The van der Waals surface area contributed by atoms with E-state index in [1.54, 1.807) is 12.0 Å². The van der Waals surface area contributed by atoms with Crippen LogP contribution >= 0.6 is 0 Å². The zero-order valence-corrected chi connectivity index (χ0v) is 11.5. The number of nitrogens with zero attached hydrogens (tertiary/aromatic N) is 1. The molecule has 0 bridgehead atoms. The SMILES string of the molecule is COc1ccc(CC(=O)N2CCCC(C(=O)O)C2)cc1. The van der Waals surface area contributed by atoms with Crippen LogP contribution in [-0.4, -0.2) is 42.1 Å². The fourth-order valence-electron chi connectivity index (χ4n) is 2.44. The molecule has 5 heteroatoms. The Hall–Kier alpha value is -2.04. The van der Waals surface area contributed by atoms with Gasteiger partial charge in [0.2, 0.25) is 5.91 Å². The number of carboxylic acid groups (broad SMARTS) is 1. The van der Waals surface area contributed by atoms with Crippen LogP contribution in [0, 0.1) is 5.92 Å². The molecule has 1 N–H and O–H groups in total. The van der Waals surface area contributed by atoms with Crippen molar-refractivity contribution in [1.29, 1.82) is 0 Å². The maximum atomic E-state index is 12.2. The van der Waals surface area contributed by atoms with Crippen molar-refractivity contribution in [3.63, 3.8) is 0 Å². The number of carboxylic acids is 1. The van der Waals surface area contributed by atoms with Crippen molar-refractivity contribution in [3.8, 4) is 5.75 Å². The third-order valence-corrected chi connectivity index (χ3v) is 3.64. The minimum absolute atomic E-state index is 0.0129. The standard InChI is InChI=1S/C15H19NO4/c1-20-13-6-4-11(5-7-13)9-14(17)16-8-2-3-12(10-16)15(18)19/h4-7,12H,2-3,8-10H2,1H3,(H,18,19). The molecule has 5 nitrogen and oxygen atoms in total. The van der Waals surface area contributed by atoms with E-state index in [-0.39, 0.29) is 5.91 Å². The molecular formula is C15H19NO4. The molecule has 1 atom stereocenters. The molecule has 0 aliphatic carbocycles. The lowest BCUT2D eigenvalue weighted by molar-refractivity contribution is -0.145. The number of benzene rings is 1. The van der Waals surface area contributed by atoms with Crippen LogP contribution in [0.4, 0.5) is 0 Å². The van der Waals surface area contributed by atoms with Gasteiger partial charge in [0.05, 0.1) is 19.4 Å². The summed E-state index contributed by atoms with van der Waals surface area (Å²) in [5, 5.41) is 9.03. The molecule has 1 aromatic carbocycles. The minimum Gasteiger partial charge on any atom is -0.497 e. The first-order chi connectivity index (χ1) is 9.60. The van der Waals surface area contributed by atoms with Crippen LogP contribution in [-0.2, 0) is 16.0 Å². The summed E-state index contributed by atoms with van der Waals surface area (Å²) in [4.78, 5) is 24.9. The summed E-state index contributed by atoms with van der Waals surface area (Å²) in [6, 6.07) is 7.35. The van der Waals surface area contributed by atoms with E-state index in [1.807, 2.05) is 24.3 Å². The van der Waals surface area contributed by atoms with E-state index in [1.165, 1.54) is 0 Å². The fourth-order valence-corrected chi connectivity index (χ4v) is 2.44. The molecule has 1 aliphatic heterocycles. The highest BCUT2D eigenvalue weighted by atomic mass is 16.5. The highest BCUT2D eigenvalue weighted by Gasteiger charge is 2.27. The number of aliphatic carboxylic acids is 1. The van der Waals surface area contributed by atoms with Crippen LogP contribution < -0.4 is 4.74 Å². The van der Waals surface area contributed by atoms with Gasteiger partial charge in [0.15, 0.2) is 0 Å². The fraction of sp³-hybridized carbons (Fsp3) is 0.467. The molecule has 0 radical (unpaired) electrons. The predicted molar refractivity (Wildman–Crippen MR) is 73.6 cm³/mol. The number of hydrogen-bond acceptors (Lipinski definition) is 3. The van der Waals surface area contributed by atoms with Crippen LogP contribution in [0.3, 0.4) is 0 Å². The molecule has 108 valence electrons. The second kappa shape index (κ2) is 6.41. The number of amides is 1. The molecule has 0 spiro atoms. The summed E-state index contributed by atoms with van der Waals surface area (Å²) in [5.41, 5.74) is 0.910. The number of ether oxygens (including phenoxy) is 1.